The van der Waals surface area contributed by atoms with E-state index in [1.807, 2.05) is 0 Å². The van der Waals surface area contributed by atoms with Crippen LogP contribution in [0.3, 0.4) is 0 Å². The lowest BCUT2D eigenvalue weighted by Crippen LogP contribution is -2.37. The van der Waals surface area contributed by atoms with E-state index in [2.05, 4.69) is 4.72 Å². The van der Waals surface area contributed by atoms with Gasteiger partial charge < -0.3 is 5.73 Å². The van der Waals surface area contributed by atoms with E-state index < -0.39 is 32.7 Å². The van der Waals surface area contributed by atoms with Crippen LogP contribution in [-0.2, 0) is 16.2 Å². The summed E-state index contributed by atoms with van der Waals surface area (Å²) in [6.07, 6.45) is -4.64. The van der Waals surface area contributed by atoms with Crippen LogP contribution in [0.15, 0.2) is 23.1 Å². The Morgan fingerprint density at radius 1 is 1.42 bits per heavy atom. The fourth-order valence-electron chi connectivity index (χ4n) is 1.26. The highest BCUT2D eigenvalue weighted by atomic mass is 35.5. The van der Waals surface area contributed by atoms with E-state index in [9.17, 15) is 21.6 Å². The molecular formula is C10H12ClF3N2O2S. The van der Waals surface area contributed by atoms with Crippen LogP contribution in [0, 0.1) is 0 Å². The number of benzene rings is 1. The van der Waals surface area contributed by atoms with Gasteiger partial charge in [-0.05, 0) is 25.1 Å². The molecule has 0 saturated carbocycles. The van der Waals surface area contributed by atoms with Gasteiger partial charge in [-0.25, -0.2) is 13.1 Å². The monoisotopic (exact) mass is 316 g/mol. The van der Waals surface area contributed by atoms with Crippen molar-refractivity contribution in [3.05, 3.63) is 28.8 Å². The number of sulfonamides is 1. The second-order valence-corrected chi connectivity index (χ2v) is 5.99. The molecule has 0 aliphatic rings. The summed E-state index contributed by atoms with van der Waals surface area (Å²) in [5.74, 6) is 0. The third-order valence-corrected chi connectivity index (χ3v) is 4.33. The first-order chi connectivity index (χ1) is 8.58. The standard InChI is InChI=1S/C10H12ClF3N2O2S/c1-6(5-15)16-19(17,18)9-4-7(10(12,13)14)2-3-8(9)11/h2-4,6,16H,5,15H2,1H3/t6-/m1/s1. The molecule has 1 aromatic carbocycles. The van der Waals surface area contributed by atoms with Gasteiger partial charge in [-0.2, -0.15) is 13.2 Å². The molecule has 1 aromatic rings. The van der Waals surface area contributed by atoms with Gasteiger partial charge in [0.15, 0.2) is 0 Å². The molecular weight excluding hydrogens is 305 g/mol. The zero-order chi connectivity index (χ0) is 14.8. The van der Waals surface area contributed by atoms with Crippen LogP contribution in [0.2, 0.25) is 5.02 Å². The molecule has 0 aromatic heterocycles. The van der Waals surface area contributed by atoms with Gasteiger partial charge in [0.1, 0.15) is 4.90 Å². The highest BCUT2D eigenvalue weighted by Crippen LogP contribution is 2.33. The van der Waals surface area contributed by atoms with Gasteiger partial charge in [0, 0.05) is 12.6 Å². The summed E-state index contributed by atoms with van der Waals surface area (Å²) in [6.45, 7) is 1.49. The molecule has 1 atom stereocenters. The molecule has 0 spiro atoms. The molecule has 0 bridgehead atoms. The van der Waals surface area contributed by atoms with Gasteiger partial charge in [-0.1, -0.05) is 11.6 Å². The minimum Gasteiger partial charge on any atom is -0.329 e. The summed E-state index contributed by atoms with van der Waals surface area (Å²) in [5, 5.41) is -0.287. The van der Waals surface area contributed by atoms with E-state index in [1.165, 1.54) is 6.92 Å². The predicted octanol–water partition coefficient (Wildman–Crippen LogP) is 1.98. The lowest BCUT2D eigenvalue weighted by Gasteiger charge is -2.14. The summed E-state index contributed by atoms with van der Waals surface area (Å²) in [7, 11) is -4.15. The minimum absolute atomic E-state index is 0.00973. The lowest BCUT2D eigenvalue weighted by molar-refractivity contribution is -0.137. The largest absolute Gasteiger partial charge is 0.416 e. The maximum Gasteiger partial charge on any atom is 0.416 e. The fourth-order valence-corrected chi connectivity index (χ4v) is 3.04. The van der Waals surface area contributed by atoms with Crippen LogP contribution < -0.4 is 10.5 Å². The molecule has 1 rings (SSSR count). The number of nitrogens with two attached hydrogens (primary N) is 1. The van der Waals surface area contributed by atoms with E-state index in [-0.39, 0.29) is 11.6 Å². The summed E-state index contributed by atoms with van der Waals surface area (Å²) in [5.41, 5.74) is 4.17. The quantitative estimate of drug-likeness (QED) is 0.892. The average Bonchev–Trinajstić information content (AvgIpc) is 2.26. The number of hydrogen-bond acceptors (Lipinski definition) is 3. The van der Waals surface area contributed by atoms with Crippen LogP contribution in [-0.4, -0.2) is 21.0 Å². The van der Waals surface area contributed by atoms with E-state index in [0.717, 1.165) is 6.07 Å². The number of hydrogen-bond donors (Lipinski definition) is 2. The molecule has 0 fully saturated rings. The Balaban J connectivity index is 3.26. The van der Waals surface area contributed by atoms with E-state index in [4.69, 9.17) is 17.3 Å². The van der Waals surface area contributed by atoms with Crippen molar-refractivity contribution in [2.75, 3.05) is 6.54 Å². The molecule has 0 saturated heterocycles. The summed E-state index contributed by atoms with van der Waals surface area (Å²) >= 11 is 5.64. The van der Waals surface area contributed by atoms with Crippen LogP contribution >= 0.6 is 11.6 Å². The van der Waals surface area contributed by atoms with Gasteiger partial charge in [0.25, 0.3) is 0 Å². The Labute approximate surface area is 113 Å². The summed E-state index contributed by atoms with van der Waals surface area (Å²) in [4.78, 5) is -0.621. The summed E-state index contributed by atoms with van der Waals surface area (Å²) < 4.78 is 63.5. The molecule has 4 nitrogen and oxygen atoms in total. The third-order valence-electron chi connectivity index (χ3n) is 2.26. The van der Waals surface area contributed by atoms with Crippen molar-refractivity contribution in [3.8, 4) is 0 Å². The average molecular weight is 317 g/mol. The minimum atomic E-state index is -4.64. The Morgan fingerprint density at radius 2 is 2.00 bits per heavy atom. The number of rotatable bonds is 4. The first-order valence-electron chi connectivity index (χ1n) is 5.17. The second kappa shape index (κ2) is 5.66. The lowest BCUT2D eigenvalue weighted by atomic mass is 10.2. The molecule has 0 radical (unpaired) electrons. The summed E-state index contributed by atoms with van der Waals surface area (Å²) in [6, 6.07) is 1.49. The molecule has 0 unspecified atom stereocenters. The molecule has 0 heterocycles. The van der Waals surface area contributed by atoms with Crippen LogP contribution in [0.4, 0.5) is 13.2 Å². The molecule has 9 heteroatoms. The maximum absolute atomic E-state index is 12.5. The second-order valence-electron chi connectivity index (χ2n) is 3.90. The van der Waals surface area contributed by atoms with Gasteiger partial charge in [-0.3, -0.25) is 0 Å². The van der Waals surface area contributed by atoms with Crippen molar-refractivity contribution < 1.29 is 21.6 Å². The maximum atomic E-state index is 12.5. The fraction of sp³-hybridized carbons (Fsp3) is 0.400. The van der Waals surface area contributed by atoms with Gasteiger partial charge >= 0.3 is 6.18 Å². The zero-order valence-corrected chi connectivity index (χ0v) is 11.4. The van der Waals surface area contributed by atoms with Gasteiger partial charge in [0.05, 0.1) is 10.6 Å². The van der Waals surface area contributed by atoms with Crippen molar-refractivity contribution >= 4 is 21.6 Å². The predicted molar refractivity (Wildman–Crippen MR) is 65.3 cm³/mol. The van der Waals surface area contributed by atoms with Crippen molar-refractivity contribution in [1.82, 2.24) is 4.72 Å². The Bertz CT molecular complexity index is 560. The van der Waals surface area contributed by atoms with Crippen LogP contribution in [0.5, 0.6) is 0 Å². The molecule has 0 amide bonds. The van der Waals surface area contributed by atoms with E-state index in [1.54, 1.807) is 0 Å². The van der Waals surface area contributed by atoms with E-state index in [0.29, 0.717) is 12.1 Å². The third kappa shape index (κ3) is 4.07. The number of nitrogens with one attached hydrogen (secondary N) is 1. The Hall–Kier alpha value is -0.830. The van der Waals surface area contributed by atoms with Crippen molar-refractivity contribution in [2.45, 2.75) is 24.0 Å². The van der Waals surface area contributed by atoms with E-state index >= 15 is 0 Å². The highest BCUT2D eigenvalue weighted by molar-refractivity contribution is 7.89. The SMILES string of the molecule is C[C@H](CN)NS(=O)(=O)c1cc(C(F)(F)F)ccc1Cl. The number of alkyl halides is 3. The van der Waals surface area contributed by atoms with Crippen LogP contribution in [0.25, 0.3) is 0 Å². The first kappa shape index (κ1) is 16.2. The first-order valence-corrected chi connectivity index (χ1v) is 7.03. The number of halogens is 4. The molecule has 3 N–H and O–H groups in total. The van der Waals surface area contributed by atoms with Crippen molar-refractivity contribution in [1.29, 1.82) is 0 Å². The molecule has 0 aliphatic heterocycles. The van der Waals surface area contributed by atoms with Gasteiger partial charge in [-0.15, -0.1) is 0 Å². The topological polar surface area (TPSA) is 72.2 Å². The zero-order valence-electron chi connectivity index (χ0n) is 9.83. The van der Waals surface area contributed by atoms with Crippen molar-refractivity contribution in [3.63, 3.8) is 0 Å². The van der Waals surface area contributed by atoms with Crippen LogP contribution in [0.1, 0.15) is 12.5 Å². The Morgan fingerprint density at radius 3 is 2.47 bits per heavy atom. The smallest absolute Gasteiger partial charge is 0.329 e. The van der Waals surface area contributed by atoms with Crippen molar-refractivity contribution in [2.24, 2.45) is 5.73 Å². The Kier molecular flexibility index (Phi) is 4.83. The highest BCUT2D eigenvalue weighted by Gasteiger charge is 2.32. The normalized spacial score (nSPS) is 14.4. The molecule has 0 aliphatic carbocycles. The molecule has 108 valence electrons. The van der Waals surface area contributed by atoms with Gasteiger partial charge in [0.2, 0.25) is 10.0 Å². The molecule has 19 heavy (non-hydrogen) atoms.